The van der Waals surface area contributed by atoms with E-state index in [1.54, 1.807) is 0 Å². The molecule has 0 spiro atoms. The Hall–Kier alpha value is -0.0500. The summed E-state index contributed by atoms with van der Waals surface area (Å²) in [7, 11) is 4.15. The highest BCUT2D eigenvalue weighted by Gasteiger charge is 2.55. The zero-order valence-electron chi connectivity index (χ0n) is 12.6. The van der Waals surface area contributed by atoms with Crippen molar-refractivity contribution in [3.8, 4) is 0 Å². The molecule has 0 amide bonds. The van der Waals surface area contributed by atoms with Crippen LogP contribution in [0.15, 0.2) is 12.7 Å². The average molecular weight is 274 g/mol. The van der Waals surface area contributed by atoms with E-state index in [0.717, 1.165) is 6.42 Å². The maximum absolute atomic E-state index is 6.87. The zero-order chi connectivity index (χ0) is 14.1. The van der Waals surface area contributed by atoms with Crippen LogP contribution in [-0.4, -0.2) is 42.1 Å². The van der Waals surface area contributed by atoms with Crippen molar-refractivity contribution in [3.05, 3.63) is 12.7 Å². The van der Waals surface area contributed by atoms with Crippen molar-refractivity contribution in [2.75, 3.05) is 14.1 Å². The number of hydrogen-bond donors (Lipinski definition) is 0. The molecule has 0 aromatic carbocycles. The summed E-state index contributed by atoms with van der Waals surface area (Å²) < 4.78 is 6.27. The molecule has 3 heteroatoms. The molecule has 1 rings (SSSR count). The second-order valence-electron chi connectivity index (χ2n) is 6.41. The summed E-state index contributed by atoms with van der Waals surface area (Å²) >= 11 is 6.87. The Morgan fingerprint density at radius 2 is 1.89 bits per heavy atom. The molecule has 0 radical (unpaired) electrons. The van der Waals surface area contributed by atoms with E-state index in [9.17, 15) is 0 Å². The second-order valence-corrected chi connectivity index (χ2v) is 7.06. The normalized spacial score (nSPS) is 36.9. The molecule has 1 aliphatic heterocycles. The molecule has 18 heavy (non-hydrogen) atoms. The topological polar surface area (TPSA) is 12.5 Å². The van der Waals surface area contributed by atoms with Crippen molar-refractivity contribution in [3.63, 3.8) is 0 Å². The first-order chi connectivity index (χ1) is 8.24. The van der Waals surface area contributed by atoms with Gasteiger partial charge in [0.2, 0.25) is 0 Å². The number of nitrogens with zero attached hydrogens (tertiary/aromatic N) is 1. The van der Waals surface area contributed by atoms with E-state index >= 15 is 0 Å². The van der Waals surface area contributed by atoms with Gasteiger partial charge >= 0.3 is 0 Å². The highest BCUT2D eigenvalue weighted by atomic mass is 35.5. The number of rotatable bonds is 5. The molecule has 0 aliphatic carbocycles. The first-order valence-corrected chi connectivity index (χ1v) is 7.26. The molecule has 1 fully saturated rings. The van der Waals surface area contributed by atoms with Gasteiger partial charge in [-0.25, -0.2) is 0 Å². The van der Waals surface area contributed by atoms with Crippen LogP contribution in [-0.2, 0) is 4.74 Å². The van der Waals surface area contributed by atoms with Gasteiger partial charge in [-0.15, -0.1) is 18.2 Å². The Morgan fingerprint density at radius 3 is 2.22 bits per heavy atom. The average Bonchev–Trinajstić information content (AvgIpc) is 2.51. The van der Waals surface area contributed by atoms with Crippen LogP contribution >= 0.6 is 11.6 Å². The minimum Gasteiger partial charge on any atom is -0.371 e. The van der Waals surface area contributed by atoms with E-state index in [4.69, 9.17) is 16.3 Å². The summed E-state index contributed by atoms with van der Waals surface area (Å²) in [6.07, 6.45) is 3.13. The first-order valence-electron chi connectivity index (χ1n) is 6.88. The Kier molecular flexibility index (Phi) is 5.28. The molecular weight excluding hydrogens is 246 g/mol. The summed E-state index contributed by atoms with van der Waals surface area (Å²) in [6.45, 7) is 12.7. The number of halogens is 1. The van der Waals surface area contributed by atoms with Crippen molar-refractivity contribution >= 4 is 11.6 Å². The van der Waals surface area contributed by atoms with Crippen LogP contribution in [0.3, 0.4) is 0 Å². The minimum absolute atomic E-state index is 0.0350. The van der Waals surface area contributed by atoms with Crippen LogP contribution in [0.5, 0.6) is 0 Å². The molecule has 1 heterocycles. The second kappa shape index (κ2) is 5.94. The Balaban J connectivity index is 3.06. The van der Waals surface area contributed by atoms with Crippen LogP contribution in [0.1, 0.15) is 34.1 Å². The van der Waals surface area contributed by atoms with Crippen molar-refractivity contribution in [2.45, 2.75) is 57.2 Å². The van der Waals surface area contributed by atoms with Crippen molar-refractivity contribution < 1.29 is 4.74 Å². The minimum atomic E-state index is -0.489. The fraction of sp³-hybridized carbons (Fsp3) is 0.867. The van der Waals surface area contributed by atoms with Gasteiger partial charge in [-0.1, -0.05) is 33.8 Å². The standard InChI is InChI=1S/C15H28ClNO/c1-8-15(16)13(17(6)7)12(9-10(2)3)18-14(15)11(4)5/h8,10-14H,1,9H2,2-7H3/t12-,13-,14+,15-/m1/s1. The summed E-state index contributed by atoms with van der Waals surface area (Å²) in [5, 5.41) is 0. The SMILES string of the molecule is C=C[C@]1(Cl)[C@H](C(C)C)O[C@H](CC(C)C)[C@H]1N(C)C. The van der Waals surface area contributed by atoms with E-state index in [-0.39, 0.29) is 18.2 Å². The van der Waals surface area contributed by atoms with Crippen LogP contribution in [0.2, 0.25) is 0 Å². The van der Waals surface area contributed by atoms with Gasteiger partial charge in [-0.05, 0) is 32.4 Å². The van der Waals surface area contributed by atoms with Gasteiger partial charge in [0.15, 0.2) is 0 Å². The zero-order valence-corrected chi connectivity index (χ0v) is 13.4. The van der Waals surface area contributed by atoms with Gasteiger partial charge < -0.3 is 9.64 Å². The summed E-state index contributed by atoms with van der Waals surface area (Å²) in [5.74, 6) is 0.995. The Bertz CT molecular complexity index is 290. The van der Waals surface area contributed by atoms with E-state index in [2.05, 4.69) is 53.3 Å². The summed E-state index contributed by atoms with van der Waals surface area (Å²) in [5.41, 5.74) is 0. The predicted molar refractivity (Wildman–Crippen MR) is 79.2 cm³/mol. The van der Waals surface area contributed by atoms with E-state index in [1.165, 1.54) is 0 Å². The highest BCUT2D eigenvalue weighted by Crippen LogP contribution is 2.44. The van der Waals surface area contributed by atoms with E-state index in [1.807, 2.05) is 6.08 Å². The molecule has 0 aromatic heterocycles. The van der Waals surface area contributed by atoms with Crippen LogP contribution in [0.4, 0.5) is 0 Å². The van der Waals surface area contributed by atoms with Crippen molar-refractivity contribution in [1.29, 1.82) is 0 Å². The lowest BCUT2D eigenvalue weighted by atomic mass is 9.85. The van der Waals surface area contributed by atoms with Crippen LogP contribution < -0.4 is 0 Å². The molecule has 1 saturated heterocycles. The molecule has 4 atom stereocenters. The lowest BCUT2D eigenvalue weighted by Gasteiger charge is -2.36. The molecule has 0 unspecified atom stereocenters. The first kappa shape index (κ1) is 16.0. The summed E-state index contributed by atoms with van der Waals surface area (Å²) in [6, 6.07) is 0.187. The van der Waals surface area contributed by atoms with E-state index < -0.39 is 4.87 Å². The number of alkyl halides is 1. The lowest BCUT2D eigenvalue weighted by Crippen LogP contribution is -2.51. The fourth-order valence-corrected chi connectivity index (χ4v) is 3.74. The molecule has 2 nitrogen and oxygen atoms in total. The van der Waals surface area contributed by atoms with Gasteiger partial charge in [0, 0.05) is 0 Å². The van der Waals surface area contributed by atoms with Gasteiger partial charge in [0.25, 0.3) is 0 Å². The molecule has 1 aliphatic rings. The van der Waals surface area contributed by atoms with Crippen molar-refractivity contribution in [1.82, 2.24) is 4.90 Å². The highest BCUT2D eigenvalue weighted by molar-refractivity contribution is 6.26. The fourth-order valence-electron chi connectivity index (χ4n) is 3.10. The third-order valence-corrected chi connectivity index (χ3v) is 4.33. The molecule has 0 saturated carbocycles. The van der Waals surface area contributed by atoms with Crippen LogP contribution in [0.25, 0.3) is 0 Å². The van der Waals surface area contributed by atoms with Gasteiger partial charge in [-0.3, -0.25) is 0 Å². The van der Waals surface area contributed by atoms with Gasteiger partial charge in [-0.2, -0.15) is 0 Å². The molecule has 106 valence electrons. The third kappa shape index (κ3) is 2.92. The van der Waals surface area contributed by atoms with Gasteiger partial charge in [0.05, 0.1) is 18.2 Å². The maximum atomic E-state index is 6.87. The van der Waals surface area contributed by atoms with E-state index in [0.29, 0.717) is 11.8 Å². The largest absolute Gasteiger partial charge is 0.371 e. The molecule has 0 aromatic rings. The molecule has 0 bridgehead atoms. The van der Waals surface area contributed by atoms with Gasteiger partial charge in [0.1, 0.15) is 4.87 Å². The maximum Gasteiger partial charge on any atom is 0.107 e. The predicted octanol–water partition coefficient (Wildman–Crippen LogP) is 3.55. The Labute approximate surface area is 117 Å². The number of likely N-dealkylation sites (N-methyl/N-ethyl adjacent to an activating group) is 1. The van der Waals surface area contributed by atoms with Crippen molar-refractivity contribution in [2.24, 2.45) is 11.8 Å². The monoisotopic (exact) mass is 273 g/mol. The third-order valence-electron chi connectivity index (χ3n) is 3.74. The number of hydrogen-bond acceptors (Lipinski definition) is 2. The molecular formula is C15H28ClNO. The quantitative estimate of drug-likeness (QED) is 0.561. The summed E-state index contributed by atoms with van der Waals surface area (Å²) in [4.78, 5) is 1.70. The number of ether oxygens (including phenoxy) is 1. The van der Waals surface area contributed by atoms with Crippen LogP contribution in [0, 0.1) is 11.8 Å². The Morgan fingerprint density at radius 1 is 1.33 bits per heavy atom. The molecule has 0 N–H and O–H groups in total. The smallest absolute Gasteiger partial charge is 0.107 e. The lowest BCUT2D eigenvalue weighted by molar-refractivity contribution is -0.00388.